The van der Waals surface area contributed by atoms with Crippen LogP contribution in [0.1, 0.15) is 42.1 Å². The van der Waals surface area contributed by atoms with Crippen LogP contribution in [-0.4, -0.2) is 44.4 Å². The Morgan fingerprint density at radius 2 is 2.05 bits per heavy atom. The van der Waals surface area contributed by atoms with E-state index >= 15 is 0 Å². The van der Waals surface area contributed by atoms with Gasteiger partial charge in [0.1, 0.15) is 5.75 Å². The predicted octanol–water partition coefficient (Wildman–Crippen LogP) is 2.32. The number of phenols is 1. The Bertz CT molecular complexity index is 511. The third-order valence-electron chi connectivity index (χ3n) is 4.12. The topological polar surface area (TPSA) is 61.8 Å². The maximum atomic E-state index is 12.3. The molecule has 122 valence electrons. The normalized spacial score (nSPS) is 14.9. The summed E-state index contributed by atoms with van der Waals surface area (Å²) in [6, 6.07) is 3.55. The van der Waals surface area contributed by atoms with E-state index in [9.17, 15) is 9.90 Å². The Morgan fingerprint density at radius 3 is 2.68 bits per heavy atom. The van der Waals surface area contributed by atoms with Crippen LogP contribution in [0.15, 0.2) is 12.1 Å². The fourth-order valence-corrected chi connectivity index (χ4v) is 2.93. The van der Waals surface area contributed by atoms with Gasteiger partial charge in [-0.15, -0.1) is 0 Å². The fraction of sp³-hybridized carbons (Fsp3) is 0.588. The Balaban J connectivity index is 2.39. The van der Waals surface area contributed by atoms with Gasteiger partial charge >= 0.3 is 5.97 Å². The minimum atomic E-state index is -0.365. The summed E-state index contributed by atoms with van der Waals surface area (Å²) in [4.78, 5) is 14.4. The Morgan fingerprint density at radius 1 is 1.32 bits per heavy atom. The van der Waals surface area contributed by atoms with Crippen molar-refractivity contribution in [2.75, 3.05) is 38.2 Å². The molecule has 0 radical (unpaired) electrons. The first-order valence-corrected chi connectivity index (χ1v) is 8.07. The highest BCUT2D eigenvalue weighted by atomic mass is 16.5. The predicted molar refractivity (Wildman–Crippen MR) is 87.8 cm³/mol. The number of rotatable bonds is 6. The zero-order valence-corrected chi connectivity index (χ0v) is 13.5. The lowest BCUT2D eigenvalue weighted by Gasteiger charge is -2.31. The lowest BCUT2D eigenvalue weighted by atomic mass is 9.98. The van der Waals surface area contributed by atoms with Gasteiger partial charge in [0, 0.05) is 26.2 Å². The average molecular weight is 306 g/mol. The number of carbonyl (C=O) groups is 1. The molecular formula is C17H26N2O3. The molecule has 0 unspecified atom stereocenters. The summed E-state index contributed by atoms with van der Waals surface area (Å²) in [5.41, 5.74) is 2.12. The first kappa shape index (κ1) is 16.6. The van der Waals surface area contributed by atoms with Crippen LogP contribution < -0.4 is 10.2 Å². The number of phenolic OH excluding ortho intramolecular Hbond substituents is 1. The number of esters is 1. The molecule has 22 heavy (non-hydrogen) atoms. The number of nitrogens with zero attached hydrogens (tertiary/aromatic N) is 1. The smallest absolute Gasteiger partial charge is 0.340 e. The molecule has 0 bridgehead atoms. The second-order valence-electron chi connectivity index (χ2n) is 5.65. The van der Waals surface area contributed by atoms with E-state index in [4.69, 9.17) is 4.74 Å². The third-order valence-corrected chi connectivity index (χ3v) is 4.12. The van der Waals surface area contributed by atoms with E-state index in [1.54, 1.807) is 6.07 Å². The average Bonchev–Trinajstić information content (AvgIpc) is 2.56. The van der Waals surface area contributed by atoms with Crippen LogP contribution in [0.2, 0.25) is 0 Å². The number of aryl methyl sites for hydroxylation is 1. The van der Waals surface area contributed by atoms with E-state index in [-0.39, 0.29) is 11.7 Å². The Kier molecular flexibility index (Phi) is 6.07. The quantitative estimate of drug-likeness (QED) is 0.624. The number of anilines is 1. The minimum absolute atomic E-state index is 0.154. The molecule has 2 rings (SSSR count). The van der Waals surface area contributed by atoms with Crippen LogP contribution in [0.4, 0.5) is 5.69 Å². The van der Waals surface area contributed by atoms with E-state index in [0.717, 1.165) is 57.4 Å². The van der Waals surface area contributed by atoms with Gasteiger partial charge in [0.2, 0.25) is 0 Å². The third kappa shape index (κ3) is 3.71. The number of piperazine rings is 1. The maximum absolute atomic E-state index is 12.3. The molecule has 5 heteroatoms. The maximum Gasteiger partial charge on any atom is 0.340 e. The Labute approximate surface area is 132 Å². The number of ether oxygens (including phenoxy) is 1. The van der Waals surface area contributed by atoms with Crippen molar-refractivity contribution in [1.82, 2.24) is 5.32 Å². The highest BCUT2D eigenvalue weighted by molar-refractivity contribution is 5.99. The molecule has 5 nitrogen and oxygen atoms in total. The molecule has 0 aromatic heterocycles. The van der Waals surface area contributed by atoms with E-state index in [2.05, 4.69) is 17.1 Å². The SMILES string of the molecule is CCCCCc1ccc(O)c(N2CCNCC2)c1C(=O)OC. The molecule has 2 N–H and O–H groups in total. The number of benzene rings is 1. The molecule has 1 aliphatic heterocycles. The molecule has 1 aromatic rings. The second-order valence-corrected chi connectivity index (χ2v) is 5.65. The number of nitrogens with one attached hydrogen (secondary N) is 1. The molecule has 1 aliphatic rings. The van der Waals surface area contributed by atoms with Crippen molar-refractivity contribution in [2.45, 2.75) is 32.6 Å². The van der Waals surface area contributed by atoms with E-state index in [1.807, 2.05) is 6.07 Å². The van der Waals surface area contributed by atoms with Crippen LogP contribution in [0.5, 0.6) is 5.75 Å². The van der Waals surface area contributed by atoms with E-state index in [0.29, 0.717) is 11.3 Å². The van der Waals surface area contributed by atoms with Gasteiger partial charge in [0.25, 0.3) is 0 Å². The molecule has 1 saturated heterocycles. The number of carbonyl (C=O) groups excluding carboxylic acids is 1. The zero-order valence-electron chi connectivity index (χ0n) is 13.5. The minimum Gasteiger partial charge on any atom is -0.506 e. The highest BCUT2D eigenvalue weighted by Gasteiger charge is 2.25. The monoisotopic (exact) mass is 306 g/mol. The molecule has 1 heterocycles. The first-order valence-electron chi connectivity index (χ1n) is 8.07. The van der Waals surface area contributed by atoms with E-state index < -0.39 is 0 Å². The first-order chi connectivity index (χ1) is 10.7. The second kappa shape index (κ2) is 8.03. The number of unbranched alkanes of at least 4 members (excludes halogenated alkanes) is 2. The van der Waals surface area contributed by atoms with Gasteiger partial charge in [-0.25, -0.2) is 4.79 Å². The summed E-state index contributed by atoms with van der Waals surface area (Å²) in [6.07, 6.45) is 4.13. The van der Waals surface area contributed by atoms with Crippen molar-refractivity contribution in [3.05, 3.63) is 23.3 Å². The van der Waals surface area contributed by atoms with Gasteiger partial charge in [-0.2, -0.15) is 0 Å². The van der Waals surface area contributed by atoms with Crippen molar-refractivity contribution < 1.29 is 14.6 Å². The number of hydrogen-bond donors (Lipinski definition) is 2. The van der Waals surface area contributed by atoms with Crippen LogP contribution >= 0.6 is 0 Å². The van der Waals surface area contributed by atoms with Gasteiger partial charge < -0.3 is 20.1 Å². The van der Waals surface area contributed by atoms with Gasteiger partial charge in [-0.1, -0.05) is 25.8 Å². The number of methoxy groups -OCH3 is 1. The molecule has 0 spiro atoms. The molecule has 0 amide bonds. The van der Waals surface area contributed by atoms with Crippen LogP contribution in [0.3, 0.4) is 0 Å². The fourth-order valence-electron chi connectivity index (χ4n) is 2.93. The summed E-state index contributed by atoms with van der Waals surface area (Å²) < 4.78 is 4.98. The summed E-state index contributed by atoms with van der Waals surface area (Å²) in [6.45, 7) is 5.40. The van der Waals surface area contributed by atoms with Crippen molar-refractivity contribution in [3.63, 3.8) is 0 Å². The van der Waals surface area contributed by atoms with Gasteiger partial charge in [0.15, 0.2) is 0 Å². The lowest BCUT2D eigenvalue weighted by Crippen LogP contribution is -2.44. The lowest BCUT2D eigenvalue weighted by molar-refractivity contribution is 0.0599. The molecule has 0 atom stereocenters. The van der Waals surface area contributed by atoms with Crippen molar-refractivity contribution in [3.8, 4) is 5.75 Å². The molecule has 1 fully saturated rings. The van der Waals surface area contributed by atoms with E-state index in [1.165, 1.54) is 7.11 Å². The van der Waals surface area contributed by atoms with Crippen LogP contribution in [-0.2, 0) is 11.2 Å². The Hall–Kier alpha value is -1.75. The summed E-state index contributed by atoms with van der Waals surface area (Å²) >= 11 is 0. The molecule has 0 aliphatic carbocycles. The number of hydrogen-bond acceptors (Lipinski definition) is 5. The molecular weight excluding hydrogens is 280 g/mol. The summed E-state index contributed by atoms with van der Waals surface area (Å²) in [5, 5.41) is 13.6. The largest absolute Gasteiger partial charge is 0.506 e. The van der Waals surface area contributed by atoms with Crippen molar-refractivity contribution >= 4 is 11.7 Å². The standard InChI is InChI=1S/C17H26N2O3/c1-3-4-5-6-13-7-8-14(20)16(15(13)17(21)22-2)19-11-9-18-10-12-19/h7-8,18,20H,3-6,9-12H2,1-2H3. The van der Waals surface area contributed by atoms with Crippen molar-refractivity contribution in [2.24, 2.45) is 0 Å². The molecule has 1 aromatic carbocycles. The summed E-state index contributed by atoms with van der Waals surface area (Å²) in [7, 11) is 1.39. The van der Waals surface area contributed by atoms with Gasteiger partial charge in [-0.05, 0) is 24.5 Å². The number of aromatic hydroxyl groups is 1. The zero-order chi connectivity index (χ0) is 15.9. The highest BCUT2D eigenvalue weighted by Crippen LogP contribution is 2.35. The molecule has 0 saturated carbocycles. The van der Waals surface area contributed by atoms with Crippen molar-refractivity contribution in [1.29, 1.82) is 0 Å². The van der Waals surface area contributed by atoms with Crippen LogP contribution in [0, 0.1) is 0 Å². The van der Waals surface area contributed by atoms with Crippen LogP contribution in [0.25, 0.3) is 0 Å². The summed E-state index contributed by atoms with van der Waals surface area (Å²) in [5.74, 6) is -0.211. The van der Waals surface area contributed by atoms with Gasteiger partial charge in [0.05, 0.1) is 18.4 Å². The van der Waals surface area contributed by atoms with Gasteiger partial charge in [-0.3, -0.25) is 0 Å².